The molecule has 0 N–H and O–H groups in total. The highest BCUT2D eigenvalue weighted by Crippen LogP contribution is 2.21. The molecule has 1 amide bonds. The molecule has 1 aromatic carbocycles. The number of thiophene rings is 1. The van der Waals surface area contributed by atoms with Gasteiger partial charge in [0.15, 0.2) is 5.16 Å². The van der Waals surface area contributed by atoms with E-state index >= 15 is 0 Å². The third-order valence-electron chi connectivity index (χ3n) is 4.31. The van der Waals surface area contributed by atoms with Gasteiger partial charge in [0, 0.05) is 20.1 Å². The van der Waals surface area contributed by atoms with Crippen LogP contribution in [-0.2, 0) is 18.4 Å². The van der Waals surface area contributed by atoms with E-state index in [1.807, 2.05) is 16.3 Å². The SMILES string of the molecule is CCCN(Cc1ccc(C)cc1)C(=O)CSc1nc2ccsc2c(=O)n1C. The zero-order valence-corrected chi connectivity index (χ0v) is 17.4. The van der Waals surface area contributed by atoms with Gasteiger partial charge in [0.25, 0.3) is 5.56 Å². The van der Waals surface area contributed by atoms with Crippen LogP contribution in [0.15, 0.2) is 45.7 Å². The molecule has 0 aliphatic carbocycles. The van der Waals surface area contributed by atoms with Crippen LogP contribution in [-0.4, -0.2) is 32.7 Å². The maximum Gasteiger partial charge on any atom is 0.271 e. The van der Waals surface area contributed by atoms with Crippen LogP contribution in [0.3, 0.4) is 0 Å². The number of nitrogens with zero attached hydrogens (tertiary/aromatic N) is 3. The second-order valence-corrected chi connectivity index (χ2v) is 8.34. The van der Waals surface area contributed by atoms with Crippen LogP contribution < -0.4 is 5.56 Å². The Hall–Kier alpha value is -2.12. The number of hydrogen-bond acceptors (Lipinski definition) is 5. The van der Waals surface area contributed by atoms with Gasteiger partial charge in [-0.2, -0.15) is 0 Å². The average molecular weight is 402 g/mol. The zero-order chi connectivity index (χ0) is 19.4. The molecule has 0 saturated carbocycles. The first-order valence-electron chi connectivity index (χ1n) is 8.90. The Balaban J connectivity index is 1.71. The fourth-order valence-electron chi connectivity index (χ4n) is 2.79. The molecule has 5 nitrogen and oxygen atoms in total. The van der Waals surface area contributed by atoms with Gasteiger partial charge in [0.1, 0.15) is 4.70 Å². The topological polar surface area (TPSA) is 55.2 Å². The highest BCUT2D eigenvalue weighted by atomic mass is 32.2. The minimum atomic E-state index is -0.0602. The molecule has 0 saturated heterocycles. The van der Waals surface area contributed by atoms with Gasteiger partial charge < -0.3 is 4.90 Å². The number of hydrogen-bond donors (Lipinski definition) is 0. The van der Waals surface area contributed by atoms with E-state index in [1.54, 1.807) is 7.05 Å². The molecule has 3 aromatic rings. The van der Waals surface area contributed by atoms with Gasteiger partial charge in [-0.05, 0) is 30.4 Å². The van der Waals surface area contributed by atoms with Crippen molar-refractivity contribution in [3.63, 3.8) is 0 Å². The molecule has 27 heavy (non-hydrogen) atoms. The van der Waals surface area contributed by atoms with Gasteiger partial charge >= 0.3 is 0 Å². The van der Waals surface area contributed by atoms with Crippen molar-refractivity contribution in [2.24, 2.45) is 7.05 Å². The summed E-state index contributed by atoms with van der Waals surface area (Å²) in [5, 5.41) is 2.44. The molecule has 0 aliphatic heterocycles. The summed E-state index contributed by atoms with van der Waals surface area (Å²) in [7, 11) is 1.71. The molecule has 0 unspecified atom stereocenters. The van der Waals surface area contributed by atoms with Crippen molar-refractivity contribution < 1.29 is 4.79 Å². The van der Waals surface area contributed by atoms with Crippen molar-refractivity contribution in [3.8, 4) is 0 Å². The van der Waals surface area contributed by atoms with Crippen LogP contribution in [0.25, 0.3) is 10.2 Å². The first-order chi connectivity index (χ1) is 13.0. The Labute approximate surface area is 167 Å². The van der Waals surface area contributed by atoms with Crippen molar-refractivity contribution in [3.05, 3.63) is 57.2 Å². The number of rotatable bonds is 7. The molecule has 2 aromatic heterocycles. The van der Waals surface area contributed by atoms with Gasteiger partial charge in [-0.25, -0.2) is 4.98 Å². The quantitative estimate of drug-likeness (QED) is 0.446. The molecule has 0 aliphatic rings. The average Bonchev–Trinajstić information content (AvgIpc) is 3.13. The van der Waals surface area contributed by atoms with E-state index in [1.165, 1.54) is 33.2 Å². The maximum absolute atomic E-state index is 12.8. The summed E-state index contributed by atoms with van der Waals surface area (Å²) in [6.07, 6.45) is 0.903. The highest BCUT2D eigenvalue weighted by molar-refractivity contribution is 7.99. The number of aromatic nitrogens is 2. The van der Waals surface area contributed by atoms with Crippen LogP contribution in [0.1, 0.15) is 24.5 Å². The molecular formula is C20H23N3O2S2. The molecule has 2 heterocycles. The number of carbonyl (C=O) groups excluding carboxylic acids is 1. The van der Waals surface area contributed by atoms with Gasteiger partial charge in [-0.15, -0.1) is 11.3 Å². The summed E-state index contributed by atoms with van der Waals surface area (Å²) in [5.41, 5.74) is 2.97. The zero-order valence-electron chi connectivity index (χ0n) is 15.8. The van der Waals surface area contributed by atoms with E-state index in [9.17, 15) is 9.59 Å². The molecule has 0 bridgehead atoms. The molecule has 0 atom stereocenters. The molecule has 0 fully saturated rings. The molecular weight excluding hydrogens is 378 g/mol. The number of amides is 1. The summed E-state index contributed by atoms with van der Waals surface area (Å²) in [6.45, 7) is 5.43. The second-order valence-electron chi connectivity index (χ2n) is 6.48. The highest BCUT2D eigenvalue weighted by Gasteiger charge is 2.16. The lowest BCUT2D eigenvalue weighted by molar-refractivity contribution is -0.129. The van der Waals surface area contributed by atoms with Crippen molar-refractivity contribution >= 4 is 39.2 Å². The summed E-state index contributed by atoms with van der Waals surface area (Å²) >= 11 is 2.71. The maximum atomic E-state index is 12.8. The Morgan fingerprint density at radius 2 is 2.00 bits per heavy atom. The van der Waals surface area contributed by atoms with Gasteiger partial charge in [0.05, 0.1) is 11.3 Å². The minimum Gasteiger partial charge on any atom is -0.338 e. The first kappa shape index (κ1) is 19.6. The van der Waals surface area contributed by atoms with E-state index < -0.39 is 0 Å². The number of fused-ring (bicyclic) bond motifs is 1. The third-order valence-corrected chi connectivity index (χ3v) is 6.22. The predicted molar refractivity (Wildman–Crippen MR) is 112 cm³/mol. The molecule has 0 spiro atoms. The number of carbonyl (C=O) groups is 1. The van der Waals surface area contributed by atoms with Gasteiger partial charge in [0.2, 0.25) is 5.91 Å². The van der Waals surface area contributed by atoms with E-state index in [0.717, 1.165) is 12.0 Å². The molecule has 0 radical (unpaired) electrons. The van der Waals surface area contributed by atoms with E-state index in [-0.39, 0.29) is 17.2 Å². The first-order valence-corrected chi connectivity index (χ1v) is 10.8. The predicted octanol–water partition coefficient (Wildman–Crippen LogP) is 3.83. The Morgan fingerprint density at radius 1 is 1.26 bits per heavy atom. The van der Waals surface area contributed by atoms with Crippen LogP contribution in [0.2, 0.25) is 0 Å². The van der Waals surface area contributed by atoms with Crippen molar-refractivity contribution in [2.45, 2.75) is 32.0 Å². The largest absolute Gasteiger partial charge is 0.338 e. The number of aryl methyl sites for hydroxylation is 1. The fraction of sp³-hybridized carbons (Fsp3) is 0.350. The summed E-state index contributed by atoms with van der Waals surface area (Å²) in [5.74, 6) is 0.323. The van der Waals surface area contributed by atoms with Crippen molar-refractivity contribution in [1.29, 1.82) is 0 Å². The van der Waals surface area contributed by atoms with Crippen LogP contribution in [0, 0.1) is 6.92 Å². The normalized spacial score (nSPS) is 11.1. The Kier molecular flexibility index (Phi) is 6.34. The monoisotopic (exact) mass is 401 g/mol. The lowest BCUT2D eigenvalue weighted by Crippen LogP contribution is -2.33. The van der Waals surface area contributed by atoms with Crippen LogP contribution in [0.4, 0.5) is 0 Å². The van der Waals surface area contributed by atoms with Gasteiger partial charge in [-0.1, -0.05) is 48.5 Å². The number of thioether (sulfide) groups is 1. The lowest BCUT2D eigenvalue weighted by Gasteiger charge is -2.22. The standard InChI is InChI=1S/C20H23N3O2S2/c1-4-10-23(12-15-7-5-14(2)6-8-15)17(24)13-27-20-21-16-9-11-26-18(16)19(25)22(20)3/h5-9,11H,4,10,12-13H2,1-3H3. The second kappa shape index (κ2) is 8.71. The van der Waals surface area contributed by atoms with Crippen molar-refractivity contribution in [1.82, 2.24) is 14.5 Å². The Morgan fingerprint density at radius 3 is 2.70 bits per heavy atom. The minimum absolute atomic E-state index is 0.0575. The molecule has 3 rings (SSSR count). The molecule has 142 valence electrons. The number of benzene rings is 1. The smallest absolute Gasteiger partial charge is 0.271 e. The van der Waals surface area contributed by atoms with Crippen LogP contribution >= 0.6 is 23.1 Å². The van der Waals surface area contributed by atoms with E-state index in [4.69, 9.17) is 0 Å². The lowest BCUT2D eigenvalue weighted by atomic mass is 10.1. The van der Waals surface area contributed by atoms with Crippen molar-refractivity contribution in [2.75, 3.05) is 12.3 Å². The fourth-order valence-corrected chi connectivity index (χ4v) is 4.47. The summed E-state index contributed by atoms with van der Waals surface area (Å²) < 4.78 is 2.18. The summed E-state index contributed by atoms with van der Waals surface area (Å²) in [6, 6.07) is 10.1. The Bertz CT molecular complexity index is 993. The molecule has 7 heteroatoms. The van der Waals surface area contributed by atoms with Gasteiger partial charge in [-0.3, -0.25) is 14.2 Å². The van der Waals surface area contributed by atoms with Crippen LogP contribution in [0.5, 0.6) is 0 Å². The van der Waals surface area contributed by atoms with E-state index in [0.29, 0.717) is 28.5 Å². The summed E-state index contributed by atoms with van der Waals surface area (Å²) in [4.78, 5) is 31.6. The third kappa shape index (κ3) is 4.59. The van der Waals surface area contributed by atoms with E-state index in [2.05, 4.69) is 43.1 Å².